The van der Waals surface area contributed by atoms with E-state index in [0.29, 0.717) is 17.3 Å². The smallest absolute Gasteiger partial charge is 0.0382 e. The van der Waals surface area contributed by atoms with Crippen molar-refractivity contribution in [3.05, 3.63) is 40.0 Å². The molecular weight excluding hydrogens is 429 g/mol. The first-order chi connectivity index (χ1) is 12.5. The maximum Gasteiger partial charge on any atom is 0.0382 e. The van der Waals surface area contributed by atoms with Gasteiger partial charge in [0.05, 0.1) is 0 Å². The first-order valence-electron chi connectivity index (χ1n) is 10.6. The summed E-state index contributed by atoms with van der Waals surface area (Å²) < 4.78 is 1.15. The van der Waals surface area contributed by atoms with E-state index in [1.165, 1.54) is 49.7 Å². The van der Waals surface area contributed by atoms with E-state index in [9.17, 15) is 0 Å². The lowest BCUT2D eigenvalue weighted by Crippen LogP contribution is -2.48. The van der Waals surface area contributed by atoms with Crippen molar-refractivity contribution >= 4 is 28.3 Å². The molecule has 2 unspecified atom stereocenters. The van der Waals surface area contributed by atoms with E-state index >= 15 is 0 Å². The van der Waals surface area contributed by atoms with Crippen LogP contribution in [0.25, 0.3) is 0 Å². The predicted octanol–water partition coefficient (Wildman–Crippen LogP) is 7.10. The van der Waals surface area contributed by atoms with Gasteiger partial charge in [-0.1, -0.05) is 73.9 Å². The minimum atomic E-state index is 0.368. The molecule has 2 aliphatic carbocycles. The first kappa shape index (κ1) is 20.2. The van der Waals surface area contributed by atoms with Crippen LogP contribution in [0.2, 0.25) is 0 Å². The highest BCUT2D eigenvalue weighted by atomic mass is 127. The number of nitrogens with two attached hydrogens (primary N) is 1. The number of hydrogen-bond donors (Lipinski definition) is 1. The minimum Gasteiger partial charge on any atom is -0.398 e. The number of aryl methyl sites for hydroxylation is 1. The number of hydrogen-bond acceptors (Lipinski definition) is 1. The molecule has 144 valence electrons. The summed E-state index contributed by atoms with van der Waals surface area (Å²) >= 11 is 2.49. The quantitative estimate of drug-likeness (QED) is 0.213. The molecule has 2 N–H and O–H groups in total. The summed E-state index contributed by atoms with van der Waals surface area (Å²) in [4.78, 5) is 0. The summed E-state index contributed by atoms with van der Waals surface area (Å²) in [5.74, 6) is 1.36. The molecule has 1 nitrogen and oxygen atoms in total. The van der Waals surface area contributed by atoms with E-state index in [4.69, 9.17) is 5.73 Å². The maximum absolute atomic E-state index is 6.71. The number of nitrogen functional groups attached to an aromatic ring is 1. The molecule has 1 aromatic carbocycles. The Morgan fingerprint density at radius 1 is 1.27 bits per heavy atom. The van der Waals surface area contributed by atoms with Crippen LogP contribution in [0.1, 0.15) is 94.4 Å². The van der Waals surface area contributed by atoms with Gasteiger partial charge in [0.1, 0.15) is 0 Å². The van der Waals surface area contributed by atoms with Crippen LogP contribution in [0.5, 0.6) is 0 Å². The fourth-order valence-electron chi connectivity index (χ4n) is 5.69. The second-order valence-electron chi connectivity index (χ2n) is 8.82. The predicted molar refractivity (Wildman–Crippen MR) is 124 cm³/mol. The Morgan fingerprint density at radius 3 is 2.69 bits per heavy atom. The maximum atomic E-state index is 6.71. The second kappa shape index (κ2) is 8.24. The van der Waals surface area contributed by atoms with Gasteiger partial charge in [-0.15, -0.1) is 0 Å². The summed E-state index contributed by atoms with van der Waals surface area (Å²) in [6, 6.07) is 2.52. The largest absolute Gasteiger partial charge is 0.398 e. The molecule has 0 aliphatic heterocycles. The molecule has 0 aromatic heterocycles. The number of allylic oxidation sites excluding steroid dienone is 2. The highest BCUT2D eigenvalue weighted by Gasteiger charge is 2.53. The van der Waals surface area contributed by atoms with Gasteiger partial charge < -0.3 is 5.73 Å². The normalized spacial score (nSPS) is 27.5. The molecule has 1 aromatic rings. The zero-order chi connectivity index (χ0) is 18.9. The van der Waals surface area contributed by atoms with Crippen LogP contribution in [0.3, 0.4) is 0 Å². The molecule has 0 spiro atoms. The summed E-state index contributed by atoms with van der Waals surface area (Å²) in [5.41, 5.74) is 16.0. The molecule has 0 heterocycles. The molecule has 0 fully saturated rings. The second-order valence-corrected chi connectivity index (χ2v) is 9.90. The standard InChI is InChI=1S/C24H36IN/c1-5-8-19-22-20-11-10-17(4)9-6-7-13-24(20,16(2)3)21(22)15-18(12-14-25)23(19)26/h10,15-16,20H,5-9,11-14,26H2,1-4H3/b17-10-. The molecule has 0 saturated carbocycles. The fraction of sp³-hybridized carbons (Fsp3) is 0.667. The molecule has 0 amide bonds. The van der Waals surface area contributed by atoms with Gasteiger partial charge >= 0.3 is 0 Å². The molecule has 26 heavy (non-hydrogen) atoms. The van der Waals surface area contributed by atoms with Crippen LogP contribution in [-0.4, -0.2) is 4.43 Å². The van der Waals surface area contributed by atoms with Gasteiger partial charge in [-0.2, -0.15) is 0 Å². The van der Waals surface area contributed by atoms with Gasteiger partial charge in [-0.25, -0.2) is 0 Å². The third-order valence-corrected chi connectivity index (χ3v) is 7.62. The van der Waals surface area contributed by atoms with E-state index in [0.717, 1.165) is 23.0 Å². The highest BCUT2D eigenvalue weighted by Crippen LogP contribution is 2.62. The monoisotopic (exact) mass is 465 g/mol. The van der Waals surface area contributed by atoms with E-state index in [2.05, 4.69) is 62.4 Å². The number of halogens is 1. The Balaban J connectivity index is 2.19. The van der Waals surface area contributed by atoms with Gasteiger partial charge in [-0.05, 0) is 79.5 Å². The van der Waals surface area contributed by atoms with Crippen LogP contribution >= 0.6 is 22.6 Å². The zero-order valence-corrected chi connectivity index (χ0v) is 19.3. The topological polar surface area (TPSA) is 26.0 Å². The lowest BCUT2D eigenvalue weighted by Gasteiger charge is -2.56. The third kappa shape index (κ3) is 3.25. The molecule has 0 saturated heterocycles. The Kier molecular flexibility index (Phi) is 6.41. The van der Waals surface area contributed by atoms with E-state index in [1.807, 2.05) is 0 Å². The van der Waals surface area contributed by atoms with E-state index in [1.54, 1.807) is 16.7 Å². The summed E-state index contributed by atoms with van der Waals surface area (Å²) in [7, 11) is 0. The van der Waals surface area contributed by atoms with Crippen molar-refractivity contribution in [1.82, 2.24) is 0 Å². The van der Waals surface area contributed by atoms with Crippen LogP contribution in [0.4, 0.5) is 5.69 Å². The number of anilines is 1. The molecule has 2 atom stereocenters. The molecule has 0 radical (unpaired) electrons. The van der Waals surface area contributed by atoms with Crippen molar-refractivity contribution in [3.63, 3.8) is 0 Å². The van der Waals surface area contributed by atoms with Crippen LogP contribution in [0.15, 0.2) is 17.7 Å². The first-order valence-corrected chi connectivity index (χ1v) is 12.2. The summed E-state index contributed by atoms with van der Waals surface area (Å²) in [5, 5.41) is 0. The number of alkyl halides is 1. The van der Waals surface area contributed by atoms with Crippen molar-refractivity contribution < 1.29 is 0 Å². The molecule has 0 bridgehead atoms. The van der Waals surface area contributed by atoms with Crippen LogP contribution < -0.4 is 5.73 Å². The number of benzene rings is 1. The van der Waals surface area contributed by atoms with Crippen molar-refractivity contribution in [2.24, 2.45) is 5.92 Å². The lowest BCUT2D eigenvalue weighted by atomic mass is 9.47. The van der Waals surface area contributed by atoms with Crippen molar-refractivity contribution in [2.75, 3.05) is 10.2 Å². The van der Waals surface area contributed by atoms with Crippen molar-refractivity contribution in [1.29, 1.82) is 0 Å². The van der Waals surface area contributed by atoms with Gasteiger partial charge in [0.15, 0.2) is 0 Å². The Hall–Kier alpha value is -0.510. The third-order valence-electron chi connectivity index (χ3n) is 7.08. The lowest BCUT2D eigenvalue weighted by molar-refractivity contribution is 0.180. The summed E-state index contributed by atoms with van der Waals surface area (Å²) in [6.07, 6.45) is 12.5. The Morgan fingerprint density at radius 2 is 2.04 bits per heavy atom. The van der Waals surface area contributed by atoms with Gasteiger partial charge in [0.25, 0.3) is 0 Å². The molecule has 2 aliphatic rings. The van der Waals surface area contributed by atoms with Gasteiger partial charge in [0.2, 0.25) is 0 Å². The van der Waals surface area contributed by atoms with E-state index in [-0.39, 0.29) is 0 Å². The van der Waals surface area contributed by atoms with E-state index < -0.39 is 0 Å². The van der Waals surface area contributed by atoms with Crippen molar-refractivity contribution in [3.8, 4) is 0 Å². The van der Waals surface area contributed by atoms with Crippen LogP contribution in [0, 0.1) is 5.92 Å². The Labute approximate surface area is 174 Å². The Bertz CT molecular complexity index is 688. The summed E-state index contributed by atoms with van der Waals surface area (Å²) in [6.45, 7) is 9.53. The minimum absolute atomic E-state index is 0.368. The average molecular weight is 465 g/mol. The zero-order valence-electron chi connectivity index (χ0n) is 17.1. The van der Waals surface area contributed by atoms with Gasteiger partial charge in [0, 0.05) is 15.5 Å². The number of fused-ring (bicyclic) bond motifs is 4. The SMILES string of the molecule is CCCc1c(N)c(CCI)cc2c1C1C/C=C(/C)CCCCC21C(C)C. The number of rotatable bonds is 5. The van der Waals surface area contributed by atoms with Crippen molar-refractivity contribution in [2.45, 2.75) is 90.4 Å². The van der Waals surface area contributed by atoms with Gasteiger partial charge in [-0.3, -0.25) is 0 Å². The highest BCUT2D eigenvalue weighted by molar-refractivity contribution is 14.1. The van der Waals surface area contributed by atoms with Crippen LogP contribution in [-0.2, 0) is 18.3 Å². The fourth-order valence-corrected chi connectivity index (χ4v) is 6.27. The molecular formula is C24H36IN. The average Bonchev–Trinajstić information content (AvgIpc) is 2.66. The molecule has 3 rings (SSSR count). The molecule has 2 heteroatoms.